The molecule has 0 saturated heterocycles. The van der Waals surface area contributed by atoms with Crippen molar-refractivity contribution in [3.63, 3.8) is 0 Å². The van der Waals surface area contributed by atoms with Gasteiger partial charge in [0.2, 0.25) is 5.91 Å². The minimum atomic E-state index is -3.24. The van der Waals surface area contributed by atoms with Gasteiger partial charge in [-0.2, -0.15) is 0 Å². The topological polar surface area (TPSA) is 63.2 Å². The maximum atomic E-state index is 13.3. The van der Waals surface area contributed by atoms with Crippen LogP contribution in [0.1, 0.15) is 49.3 Å². The molecule has 0 radical (unpaired) electrons. The number of hydrogen-bond donors (Lipinski definition) is 1. The predicted molar refractivity (Wildman–Crippen MR) is 103 cm³/mol. The van der Waals surface area contributed by atoms with Crippen LogP contribution in [-0.2, 0) is 14.6 Å². The summed E-state index contributed by atoms with van der Waals surface area (Å²) in [5.41, 5.74) is 1.60. The number of carbonyl (C=O) groups excluding carboxylic acids is 1. The van der Waals surface area contributed by atoms with Gasteiger partial charge in [0.25, 0.3) is 0 Å². The van der Waals surface area contributed by atoms with Gasteiger partial charge in [-0.05, 0) is 36.1 Å². The summed E-state index contributed by atoms with van der Waals surface area (Å²) in [5.74, 6) is -0.802. The van der Waals surface area contributed by atoms with E-state index in [0.717, 1.165) is 24.0 Å². The maximum absolute atomic E-state index is 13.3. The van der Waals surface area contributed by atoms with Crippen LogP contribution in [0.2, 0.25) is 0 Å². The monoisotopic (exact) mass is 389 g/mol. The highest BCUT2D eigenvalue weighted by Gasteiger charge is 2.29. The van der Waals surface area contributed by atoms with Crippen LogP contribution >= 0.6 is 0 Å². The summed E-state index contributed by atoms with van der Waals surface area (Å²) in [6.07, 6.45) is 3.22. The molecule has 1 unspecified atom stereocenters. The number of benzene rings is 2. The quantitative estimate of drug-likeness (QED) is 0.784. The molecule has 1 atom stereocenters. The molecule has 2 aromatic rings. The molecule has 0 heterocycles. The van der Waals surface area contributed by atoms with Crippen LogP contribution in [0.3, 0.4) is 0 Å². The fourth-order valence-electron chi connectivity index (χ4n) is 3.54. The van der Waals surface area contributed by atoms with Crippen molar-refractivity contribution in [2.24, 2.45) is 0 Å². The van der Waals surface area contributed by atoms with Crippen LogP contribution in [0.5, 0.6) is 0 Å². The van der Waals surface area contributed by atoms with Gasteiger partial charge in [-0.3, -0.25) is 4.79 Å². The van der Waals surface area contributed by atoms with Gasteiger partial charge in [-0.15, -0.1) is 0 Å². The van der Waals surface area contributed by atoms with Crippen molar-refractivity contribution in [2.75, 3.05) is 5.75 Å². The van der Waals surface area contributed by atoms with Crippen LogP contribution < -0.4 is 5.32 Å². The minimum absolute atomic E-state index is 0.0661. The average Bonchev–Trinajstić information content (AvgIpc) is 3.22. The SMILES string of the molecule is O=C(CCS(=O)(=O)C1CCCC1)NC(c1ccccc1)c1ccc(F)cc1. The zero-order valence-electron chi connectivity index (χ0n) is 15.1. The zero-order chi connectivity index (χ0) is 19.3. The van der Waals surface area contributed by atoms with E-state index in [1.807, 2.05) is 30.3 Å². The van der Waals surface area contributed by atoms with Crippen molar-refractivity contribution < 1.29 is 17.6 Å². The van der Waals surface area contributed by atoms with E-state index < -0.39 is 15.9 Å². The van der Waals surface area contributed by atoms with Gasteiger partial charge in [-0.1, -0.05) is 55.3 Å². The second-order valence-corrected chi connectivity index (χ2v) is 9.39. The zero-order valence-corrected chi connectivity index (χ0v) is 15.9. The summed E-state index contributed by atoms with van der Waals surface area (Å²) in [5, 5.41) is 2.61. The maximum Gasteiger partial charge on any atom is 0.221 e. The smallest absolute Gasteiger partial charge is 0.221 e. The molecule has 0 bridgehead atoms. The minimum Gasteiger partial charge on any atom is -0.345 e. The molecular weight excluding hydrogens is 365 g/mol. The Balaban J connectivity index is 1.70. The van der Waals surface area contributed by atoms with E-state index in [2.05, 4.69) is 5.32 Å². The van der Waals surface area contributed by atoms with E-state index in [1.165, 1.54) is 12.1 Å². The summed E-state index contributed by atoms with van der Waals surface area (Å²) in [6.45, 7) is 0. The Kier molecular flexibility index (Phi) is 6.26. The molecule has 27 heavy (non-hydrogen) atoms. The van der Waals surface area contributed by atoms with E-state index in [9.17, 15) is 17.6 Å². The summed E-state index contributed by atoms with van der Waals surface area (Å²) in [7, 11) is -3.24. The third kappa shape index (κ3) is 5.16. The summed E-state index contributed by atoms with van der Waals surface area (Å²) >= 11 is 0. The lowest BCUT2D eigenvalue weighted by atomic mass is 9.98. The number of nitrogens with one attached hydrogen (secondary N) is 1. The molecule has 0 spiro atoms. The molecule has 1 N–H and O–H groups in total. The Labute approximate surface area is 159 Å². The summed E-state index contributed by atoms with van der Waals surface area (Å²) < 4.78 is 38.0. The molecular formula is C21H24FNO3S. The fraction of sp³-hybridized carbons (Fsp3) is 0.381. The van der Waals surface area contributed by atoms with Crippen LogP contribution in [-0.4, -0.2) is 25.3 Å². The van der Waals surface area contributed by atoms with Crippen LogP contribution in [0.15, 0.2) is 54.6 Å². The number of carbonyl (C=O) groups is 1. The molecule has 2 aromatic carbocycles. The highest BCUT2D eigenvalue weighted by Crippen LogP contribution is 2.26. The predicted octanol–water partition coefficient (Wildman–Crippen LogP) is 3.78. The highest BCUT2D eigenvalue weighted by atomic mass is 32.2. The Bertz CT molecular complexity index is 860. The average molecular weight is 389 g/mol. The van der Waals surface area contributed by atoms with E-state index >= 15 is 0 Å². The third-order valence-corrected chi connectivity index (χ3v) is 7.33. The normalized spacial score (nSPS) is 16.2. The molecule has 3 rings (SSSR count). The van der Waals surface area contributed by atoms with Gasteiger partial charge < -0.3 is 5.32 Å². The van der Waals surface area contributed by atoms with Crippen molar-refractivity contribution in [3.8, 4) is 0 Å². The number of sulfone groups is 1. The molecule has 1 saturated carbocycles. The second-order valence-electron chi connectivity index (χ2n) is 6.99. The van der Waals surface area contributed by atoms with Gasteiger partial charge in [-0.25, -0.2) is 12.8 Å². The molecule has 0 aliphatic heterocycles. The lowest BCUT2D eigenvalue weighted by Gasteiger charge is -2.20. The van der Waals surface area contributed by atoms with Crippen LogP contribution in [0, 0.1) is 5.82 Å². The van der Waals surface area contributed by atoms with Crippen molar-refractivity contribution in [1.29, 1.82) is 0 Å². The molecule has 4 nitrogen and oxygen atoms in total. The van der Waals surface area contributed by atoms with Crippen LogP contribution in [0.25, 0.3) is 0 Å². The number of hydrogen-bond acceptors (Lipinski definition) is 3. The Morgan fingerprint density at radius 3 is 2.22 bits per heavy atom. The largest absolute Gasteiger partial charge is 0.345 e. The molecule has 1 amide bonds. The van der Waals surface area contributed by atoms with Crippen LogP contribution in [0.4, 0.5) is 4.39 Å². The van der Waals surface area contributed by atoms with E-state index in [1.54, 1.807) is 12.1 Å². The number of rotatable bonds is 7. The molecule has 6 heteroatoms. The second kappa shape index (κ2) is 8.65. The first-order valence-electron chi connectivity index (χ1n) is 9.27. The fourth-order valence-corrected chi connectivity index (χ4v) is 5.40. The van der Waals surface area contributed by atoms with Crippen molar-refractivity contribution in [2.45, 2.75) is 43.4 Å². The first-order chi connectivity index (χ1) is 13.0. The lowest BCUT2D eigenvalue weighted by Crippen LogP contribution is -2.32. The summed E-state index contributed by atoms with van der Waals surface area (Å²) in [4.78, 5) is 12.5. The molecule has 1 aliphatic rings. The molecule has 144 valence electrons. The van der Waals surface area contributed by atoms with Gasteiger partial charge in [0.1, 0.15) is 5.82 Å². The van der Waals surface area contributed by atoms with Gasteiger partial charge in [0, 0.05) is 6.42 Å². The van der Waals surface area contributed by atoms with Crippen molar-refractivity contribution >= 4 is 15.7 Å². The Hall–Kier alpha value is -2.21. The first-order valence-corrected chi connectivity index (χ1v) is 11.0. The number of amides is 1. The first kappa shape index (κ1) is 19.5. The molecule has 1 aliphatic carbocycles. The van der Waals surface area contributed by atoms with E-state index in [-0.39, 0.29) is 29.1 Å². The molecule has 1 fully saturated rings. The van der Waals surface area contributed by atoms with Crippen molar-refractivity contribution in [1.82, 2.24) is 5.32 Å². The van der Waals surface area contributed by atoms with Gasteiger partial charge in [0.15, 0.2) is 9.84 Å². The molecule has 0 aromatic heterocycles. The summed E-state index contributed by atoms with van der Waals surface area (Å²) in [6, 6.07) is 14.9. The van der Waals surface area contributed by atoms with E-state index in [0.29, 0.717) is 12.8 Å². The number of halogens is 1. The highest BCUT2D eigenvalue weighted by molar-refractivity contribution is 7.92. The van der Waals surface area contributed by atoms with Crippen molar-refractivity contribution in [3.05, 3.63) is 71.5 Å². The van der Waals surface area contributed by atoms with Gasteiger partial charge in [0.05, 0.1) is 17.0 Å². The Morgan fingerprint density at radius 2 is 1.59 bits per heavy atom. The van der Waals surface area contributed by atoms with E-state index in [4.69, 9.17) is 0 Å². The third-order valence-electron chi connectivity index (χ3n) is 5.07. The Morgan fingerprint density at radius 1 is 1.00 bits per heavy atom. The lowest BCUT2D eigenvalue weighted by molar-refractivity contribution is -0.121. The standard InChI is InChI=1S/C21H24FNO3S/c22-18-12-10-17(11-13-18)21(16-6-2-1-3-7-16)23-20(24)14-15-27(25,26)19-8-4-5-9-19/h1-3,6-7,10-13,19,21H,4-5,8-9,14-15H2,(H,23,24). The van der Waals surface area contributed by atoms with Gasteiger partial charge >= 0.3 is 0 Å².